The van der Waals surface area contributed by atoms with Crippen LogP contribution in [0.25, 0.3) is 0 Å². The number of carbonyl (C=O) groups excluding carboxylic acids is 3. The zero-order chi connectivity index (χ0) is 28.5. The van der Waals surface area contributed by atoms with Crippen molar-refractivity contribution in [1.82, 2.24) is 15.5 Å². The van der Waals surface area contributed by atoms with Crippen molar-refractivity contribution in [3.63, 3.8) is 0 Å². The van der Waals surface area contributed by atoms with Gasteiger partial charge in [-0.2, -0.15) is 5.26 Å². The van der Waals surface area contributed by atoms with Crippen LogP contribution in [0.5, 0.6) is 0 Å². The van der Waals surface area contributed by atoms with E-state index in [0.717, 1.165) is 25.0 Å². The Morgan fingerprint density at radius 2 is 1.95 bits per heavy atom. The number of benzene rings is 1. The molecule has 2 saturated heterocycles. The van der Waals surface area contributed by atoms with Gasteiger partial charge in [-0.3, -0.25) is 14.4 Å². The van der Waals surface area contributed by atoms with Gasteiger partial charge in [-0.05, 0) is 60.5 Å². The molecule has 1 aromatic carbocycles. The molecule has 2 aliphatic heterocycles. The highest BCUT2D eigenvalue weighted by Gasteiger charge is 2.69. The van der Waals surface area contributed by atoms with Gasteiger partial charge >= 0.3 is 0 Å². The number of anilines is 1. The van der Waals surface area contributed by atoms with E-state index < -0.39 is 41.1 Å². The predicted molar refractivity (Wildman–Crippen MR) is 140 cm³/mol. The molecule has 0 radical (unpaired) electrons. The summed E-state index contributed by atoms with van der Waals surface area (Å²) in [4.78, 5) is 41.7. The normalized spacial score (nSPS) is 29.2. The fourth-order valence-electron chi connectivity index (χ4n) is 6.72. The SMILES string of the molecule is CC(C)(C)C(Nc1ccc(F)cc1F)C(=O)N1CC2C(C1C(=O)NC(C#N)CC1CC3(CC3)NC1=O)C2(C)C. The van der Waals surface area contributed by atoms with Gasteiger partial charge in [0.15, 0.2) is 0 Å². The summed E-state index contributed by atoms with van der Waals surface area (Å²) < 4.78 is 28.0. The summed E-state index contributed by atoms with van der Waals surface area (Å²) in [5.74, 6) is -2.65. The lowest BCUT2D eigenvalue weighted by atomic mass is 9.85. The number of nitrogens with zero attached hydrogens (tertiary/aromatic N) is 2. The first-order valence-corrected chi connectivity index (χ1v) is 13.7. The van der Waals surface area contributed by atoms with Crippen LogP contribution in [-0.4, -0.2) is 52.8 Å². The number of nitriles is 1. The molecule has 1 aromatic rings. The van der Waals surface area contributed by atoms with Gasteiger partial charge in [0, 0.05) is 24.1 Å². The van der Waals surface area contributed by atoms with Crippen molar-refractivity contribution >= 4 is 23.4 Å². The first-order valence-electron chi connectivity index (χ1n) is 13.7. The second kappa shape index (κ2) is 9.17. The fourth-order valence-corrected chi connectivity index (χ4v) is 6.72. The van der Waals surface area contributed by atoms with Gasteiger partial charge in [0.1, 0.15) is 29.8 Å². The molecule has 8 nitrogen and oxygen atoms in total. The van der Waals surface area contributed by atoms with Crippen LogP contribution >= 0.6 is 0 Å². The van der Waals surface area contributed by atoms with Crippen molar-refractivity contribution in [3.8, 4) is 6.07 Å². The average Bonchev–Trinajstić information content (AvgIpc) is 3.56. The highest BCUT2D eigenvalue weighted by atomic mass is 19.1. The van der Waals surface area contributed by atoms with Crippen LogP contribution in [-0.2, 0) is 14.4 Å². The number of likely N-dealkylation sites (tertiary alicyclic amines) is 1. The largest absolute Gasteiger partial charge is 0.371 e. The Morgan fingerprint density at radius 3 is 2.51 bits per heavy atom. The fraction of sp³-hybridized carbons (Fsp3) is 0.655. The number of carbonyl (C=O) groups is 3. The first-order chi connectivity index (χ1) is 18.2. The van der Waals surface area contributed by atoms with E-state index in [4.69, 9.17) is 0 Å². The molecule has 6 unspecified atom stereocenters. The second-order valence-corrected chi connectivity index (χ2v) is 13.6. The quantitative estimate of drug-likeness (QED) is 0.490. The van der Waals surface area contributed by atoms with E-state index in [-0.39, 0.29) is 52.6 Å². The molecule has 2 saturated carbocycles. The number of piperidine rings is 1. The van der Waals surface area contributed by atoms with Gasteiger partial charge in [-0.25, -0.2) is 8.78 Å². The minimum atomic E-state index is -0.892. The molecule has 3 amide bonds. The summed E-state index contributed by atoms with van der Waals surface area (Å²) in [5, 5.41) is 18.6. The number of fused-ring (bicyclic) bond motifs is 1. The first kappa shape index (κ1) is 27.4. The molecule has 210 valence electrons. The number of hydrogen-bond donors (Lipinski definition) is 3. The van der Waals surface area contributed by atoms with Crippen LogP contribution in [0, 0.1) is 51.5 Å². The zero-order valence-corrected chi connectivity index (χ0v) is 23.1. The molecule has 0 aromatic heterocycles. The van der Waals surface area contributed by atoms with E-state index in [0.29, 0.717) is 13.0 Å². The van der Waals surface area contributed by atoms with E-state index in [1.165, 1.54) is 6.07 Å². The topological polar surface area (TPSA) is 114 Å². The summed E-state index contributed by atoms with van der Waals surface area (Å²) in [6.45, 7) is 10.0. The summed E-state index contributed by atoms with van der Waals surface area (Å²) >= 11 is 0. The molecule has 39 heavy (non-hydrogen) atoms. The third-order valence-corrected chi connectivity index (χ3v) is 9.35. The van der Waals surface area contributed by atoms with Crippen LogP contribution < -0.4 is 16.0 Å². The lowest BCUT2D eigenvalue weighted by molar-refractivity contribution is -0.142. The Hall–Kier alpha value is -3.22. The Labute approximate surface area is 227 Å². The highest BCUT2D eigenvalue weighted by molar-refractivity contribution is 5.93. The second-order valence-electron chi connectivity index (χ2n) is 13.6. The van der Waals surface area contributed by atoms with E-state index in [2.05, 4.69) is 35.9 Å². The monoisotopic (exact) mass is 541 g/mol. The maximum Gasteiger partial charge on any atom is 0.246 e. The molecular weight excluding hydrogens is 504 g/mol. The zero-order valence-electron chi connectivity index (χ0n) is 23.1. The molecule has 1 spiro atoms. The maximum absolute atomic E-state index is 14.5. The minimum Gasteiger partial charge on any atom is -0.371 e. The molecule has 10 heteroatoms. The number of nitrogens with one attached hydrogen (secondary N) is 3. The van der Waals surface area contributed by atoms with Crippen LogP contribution in [0.1, 0.15) is 60.3 Å². The average molecular weight is 542 g/mol. The maximum atomic E-state index is 14.5. The standard InChI is InChI=1S/C29H37F2N5O3/c1-27(2,3)23(34-20-7-6-16(30)11-19(20)31)26(39)36-14-18-21(28(18,4)5)22(36)25(38)33-17(13-32)10-15-12-29(8-9-29)35-24(15)37/h6-7,11,15,17-18,21-23,34H,8-10,12,14H2,1-5H3,(H,33,38)(H,35,37). The Balaban J connectivity index is 1.34. The molecule has 5 rings (SSSR count). The van der Waals surface area contributed by atoms with Crippen molar-refractivity contribution in [3.05, 3.63) is 29.8 Å². The summed E-state index contributed by atoms with van der Waals surface area (Å²) in [7, 11) is 0. The smallest absolute Gasteiger partial charge is 0.246 e. The van der Waals surface area contributed by atoms with Crippen LogP contribution in [0.2, 0.25) is 0 Å². The van der Waals surface area contributed by atoms with Crippen LogP contribution in [0.3, 0.4) is 0 Å². The third-order valence-electron chi connectivity index (χ3n) is 9.35. The summed E-state index contributed by atoms with van der Waals surface area (Å²) in [6, 6.07) is 2.74. The molecule has 2 heterocycles. The molecule has 4 fully saturated rings. The Morgan fingerprint density at radius 1 is 1.26 bits per heavy atom. The molecule has 6 atom stereocenters. The highest BCUT2D eigenvalue weighted by Crippen LogP contribution is 2.65. The van der Waals surface area contributed by atoms with Gasteiger partial charge < -0.3 is 20.9 Å². The van der Waals surface area contributed by atoms with Crippen molar-refractivity contribution in [2.24, 2.45) is 28.6 Å². The Bertz CT molecular complexity index is 1250. The van der Waals surface area contributed by atoms with E-state index in [1.54, 1.807) is 4.90 Å². The van der Waals surface area contributed by atoms with Gasteiger partial charge in [0.25, 0.3) is 0 Å². The predicted octanol–water partition coefficient (Wildman–Crippen LogP) is 3.34. The van der Waals surface area contributed by atoms with Crippen molar-refractivity contribution < 1.29 is 23.2 Å². The molecule has 3 N–H and O–H groups in total. The van der Waals surface area contributed by atoms with E-state index in [1.807, 2.05) is 20.8 Å². The third kappa shape index (κ3) is 4.96. The molecule has 2 aliphatic carbocycles. The van der Waals surface area contributed by atoms with Crippen molar-refractivity contribution in [1.29, 1.82) is 5.26 Å². The van der Waals surface area contributed by atoms with Gasteiger partial charge in [-0.1, -0.05) is 34.6 Å². The summed E-state index contributed by atoms with van der Waals surface area (Å²) in [6.07, 6.45) is 2.79. The van der Waals surface area contributed by atoms with Gasteiger partial charge in [0.2, 0.25) is 17.7 Å². The van der Waals surface area contributed by atoms with Crippen molar-refractivity contribution in [2.75, 3.05) is 11.9 Å². The lowest BCUT2D eigenvalue weighted by Crippen LogP contribution is -2.57. The van der Waals surface area contributed by atoms with E-state index >= 15 is 0 Å². The molecular formula is C29H37F2N5O3. The van der Waals surface area contributed by atoms with Gasteiger partial charge in [-0.15, -0.1) is 0 Å². The molecule has 0 bridgehead atoms. The van der Waals surface area contributed by atoms with Crippen molar-refractivity contribution in [2.45, 2.75) is 84.0 Å². The van der Waals surface area contributed by atoms with Crippen LogP contribution in [0.15, 0.2) is 18.2 Å². The molecule has 4 aliphatic rings. The lowest BCUT2D eigenvalue weighted by Gasteiger charge is -2.38. The Kier molecular flexibility index (Phi) is 6.43. The summed E-state index contributed by atoms with van der Waals surface area (Å²) in [5.41, 5.74) is -0.920. The number of rotatable bonds is 7. The number of halogens is 2. The van der Waals surface area contributed by atoms with Gasteiger partial charge in [0.05, 0.1) is 11.8 Å². The van der Waals surface area contributed by atoms with Crippen LogP contribution in [0.4, 0.5) is 14.5 Å². The van der Waals surface area contributed by atoms with E-state index in [9.17, 15) is 28.4 Å². The minimum absolute atomic E-state index is 0.00295. The number of hydrogen-bond acceptors (Lipinski definition) is 5. The number of amides is 3.